The molecule has 0 saturated heterocycles. The van der Waals surface area contributed by atoms with E-state index in [0.29, 0.717) is 5.78 Å². The standard InChI is InChI=1S/C18H29NO/c1-17(2,3)16(20)15(19-18(4,5)6)13-12-14-10-8-7-9-11-14/h7-11,15,19H,12-13H2,1-6H3/t15-/m1/s1. The minimum absolute atomic E-state index is 0.0533. The molecule has 0 unspecified atom stereocenters. The van der Waals surface area contributed by atoms with Crippen LogP contribution in [0, 0.1) is 5.41 Å². The third-order valence-corrected chi connectivity index (χ3v) is 3.23. The summed E-state index contributed by atoms with van der Waals surface area (Å²) in [5, 5.41) is 3.48. The van der Waals surface area contributed by atoms with Crippen molar-refractivity contribution in [3.8, 4) is 0 Å². The third-order valence-electron chi connectivity index (χ3n) is 3.23. The Morgan fingerprint density at radius 3 is 2.05 bits per heavy atom. The van der Waals surface area contributed by atoms with Crippen LogP contribution >= 0.6 is 0 Å². The first-order chi connectivity index (χ1) is 9.09. The van der Waals surface area contributed by atoms with Gasteiger partial charge in [0.2, 0.25) is 0 Å². The quantitative estimate of drug-likeness (QED) is 0.880. The highest BCUT2D eigenvalue weighted by atomic mass is 16.1. The maximum absolute atomic E-state index is 12.6. The van der Waals surface area contributed by atoms with Crippen molar-refractivity contribution < 1.29 is 4.79 Å². The van der Waals surface area contributed by atoms with Crippen LogP contribution in [0.3, 0.4) is 0 Å². The van der Waals surface area contributed by atoms with E-state index in [0.717, 1.165) is 12.8 Å². The molecular formula is C18H29NO. The van der Waals surface area contributed by atoms with Gasteiger partial charge in [0, 0.05) is 11.0 Å². The Hall–Kier alpha value is -1.15. The van der Waals surface area contributed by atoms with Crippen LogP contribution in [0.4, 0.5) is 0 Å². The molecule has 20 heavy (non-hydrogen) atoms. The smallest absolute Gasteiger partial charge is 0.155 e. The Morgan fingerprint density at radius 1 is 1.05 bits per heavy atom. The molecule has 0 aliphatic carbocycles. The molecule has 1 aromatic rings. The second kappa shape index (κ2) is 6.53. The van der Waals surface area contributed by atoms with Crippen molar-refractivity contribution >= 4 is 5.78 Å². The van der Waals surface area contributed by atoms with Crippen LogP contribution in [0.2, 0.25) is 0 Å². The van der Waals surface area contributed by atoms with Gasteiger partial charge < -0.3 is 5.32 Å². The lowest BCUT2D eigenvalue weighted by Crippen LogP contribution is -2.51. The van der Waals surface area contributed by atoms with E-state index >= 15 is 0 Å². The first-order valence-corrected chi connectivity index (χ1v) is 7.45. The van der Waals surface area contributed by atoms with Gasteiger partial charge >= 0.3 is 0 Å². The highest BCUT2D eigenvalue weighted by Gasteiger charge is 2.31. The molecule has 1 rings (SSSR count). The number of aryl methyl sites for hydroxylation is 1. The van der Waals surface area contributed by atoms with Gasteiger partial charge in [-0.2, -0.15) is 0 Å². The summed E-state index contributed by atoms with van der Waals surface area (Å²) in [4.78, 5) is 12.6. The monoisotopic (exact) mass is 275 g/mol. The van der Waals surface area contributed by atoms with Crippen LogP contribution in [0.25, 0.3) is 0 Å². The molecule has 0 heterocycles. The average Bonchev–Trinajstić information content (AvgIpc) is 2.32. The van der Waals surface area contributed by atoms with Crippen molar-refractivity contribution in [1.82, 2.24) is 5.32 Å². The highest BCUT2D eigenvalue weighted by molar-refractivity contribution is 5.88. The minimum Gasteiger partial charge on any atom is -0.303 e. The van der Waals surface area contributed by atoms with Crippen LogP contribution in [0.5, 0.6) is 0 Å². The second-order valence-corrected chi connectivity index (χ2v) is 7.59. The molecule has 0 saturated carbocycles. The first-order valence-electron chi connectivity index (χ1n) is 7.45. The van der Waals surface area contributed by atoms with E-state index in [1.807, 2.05) is 39.0 Å². The van der Waals surface area contributed by atoms with Gasteiger partial charge in [0.15, 0.2) is 5.78 Å². The number of carbonyl (C=O) groups excluding carboxylic acids is 1. The van der Waals surface area contributed by atoms with Crippen molar-refractivity contribution in [2.45, 2.75) is 66.0 Å². The van der Waals surface area contributed by atoms with Crippen molar-refractivity contribution in [3.63, 3.8) is 0 Å². The summed E-state index contributed by atoms with van der Waals surface area (Å²) in [6, 6.07) is 10.3. The van der Waals surface area contributed by atoms with Crippen molar-refractivity contribution in [1.29, 1.82) is 0 Å². The topological polar surface area (TPSA) is 29.1 Å². The van der Waals surface area contributed by atoms with Crippen molar-refractivity contribution in [2.24, 2.45) is 5.41 Å². The molecule has 1 atom stereocenters. The van der Waals surface area contributed by atoms with Crippen molar-refractivity contribution in [3.05, 3.63) is 35.9 Å². The van der Waals surface area contributed by atoms with Gasteiger partial charge in [0.05, 0.1) is 6.04 Å². The highest BCUT2D eigenvalue weighted by Crippen LogP contribution is 2.21. The van der Waals surface area contributed by atoms with Crippen LogP contribution in [-0.2, 0) is 11.2 Å². The molecule has 1 aromatic carbocycles. The van der Waals surface area contributed by atoms with Gasteiger partial charge in [0.25, 0.3) is 0 Å². The lowest BCUT2D eigenvalue weighted by Gasteiger charge is -2.32. The molecule has 112 valence electrons. The Labute approximate surface area is 124 Å². The number of ketones is 1. The van der Waals surface area contributed by atoms with Gasteiger partial charge in [-0.25, -0.2) is 0 Å². The fourth-order valence-corrected chi connectivity index (χ4v) is 2.27. The number of Topliss-reactive ketones (excluding diaryl/α,β-unsaturated/α-hetero) is 1. The zero-order chi connectivity index (χ0) is 15.4. The molecule has 1 N–H and O–H groups in total. The van der Waals surface area contributed by atoms with Crippen LogP contribution in [-0.4, -0.2) is 17.4 Å². The summed E-state index contributed by atoms with van der Waals surface area (Å²) >= 11 is 0. The lowest BCUT2D eigenvalue weighted by atomic mass is 9.83. The summed E-state index contributed by atoms with van der Waals surface area (Å²) in [5.74, 6) is 0.295. The molecule has 0 aliphatic rings. The number of hydrogen-bond acceptors (Lipinski definition) is 2. The summed E-state index contributed by atoms with van der Waals surface area (Å²) in [6.45, 7) is 12.3. The average molecular weight is 275 g/mol. The fraction of sp³-hybridized carbons (Fsp3) is 0.611. The molecule has 0 aliphatic heterocycles. The largest absolute Gasteiger partial charge is 0.303 e. The van der Waals surface area contributed by atoms with E-state index < -0.39 is 0 Å². The second-order valence-electron chi connectivity index (χ2n) is 7.59. The maximum atomic E-state index is 12.6. The van der Waals surface area contributed by atoms with Crippen molar-refractivity contribution in [2.75, 3.05) is 0 Å². The molecule has 0 aromatic heterocycles. The predicted molar refractivity (Wildman–Crippen MR) is 85.9 cm³/mol. The fourth-order valence-electron chi connectivity index (χ4n) is 2.27. The van der Waals surface area contributed by atoms with Gasteiger partial charge in [0.1, 0.15) is 0 Å². The Bertz CT molecular complexity index is 423. The van der Waals surface area contributed by atoms with Gasteiger partial charge in [-0.15, -0.1) is 0 Å². The number of benzene rings is 1. The van der Waals surface area contributed by atoms with E-state index in [1.54, 1.807) is 0 Å². The SMILES string of the molecule is CC(C)(C)N[C@H](CCc1ccccc1)C(=O)C(C)(C)C. The Kier molecular flexibility index (Phi) is 5.52. The van der Waals surface area contributed by atoms with E-state index in [1.165, 1.54) is 5.56 Å². The number of rotatable bonds is 5. The lowest BCUT2D eigenvalue weighted by molar-refractivity contribution is -0.129. The maximum Gasteiger partial charge on any atom is 0.155 e. The van der Waals surface area contributed by atoms with Crippen LogP contribution in [0.1, 0.15) is 53.5 Å². The normalized spacial score (nSPS) is 14.1. The summed E-state index contributed by atoms with van der Waals surface area (Å²) < 4.78 is 0. The molecular weight excluding hydrogens is 246 g/mol. The molecule has 0 amide bonds. The summed E-state index contributed by atoms with van der Waals surface area (Å²) in [6.07, 6.45) is 1.77. The van der Waals surface area contributed by atoms with Gasteiger partial charge in [-0.1, -0.05) is 51.1 Å². The summed E-state index contributed by atoms with van der Waals surface area (Å²) in [7, 11) is 0. The third kappa shape index (κ3) is 5.87. The van der Waals surface area contributed by atoms with E-state index in [9.17, 15) is 4.79 Å². The van der Waals surface area contributed by atoms with Gasteiger partial charge in [-0.3, -0.25) is 4.79 Å². The zero-order valence-corrected chi connectivity index (χ0v) is 13.8. The minimum atomic E-state index is -0.306. The predicted octanol–water partition coefficient (Wildman–Crippen LogP) is 3.99. The zero-order valence-electron chi connectivity index (χ0n) is 13.8. The molecule has 2 nitrogen and oxygen atoms in total. The van der Waals surface area contributed by atoms with Crippen LogP contribution in [0.15, 0.2) is 30.3 Å². The van der Waals surface area contributed by atoms with E-state index in [4.69, 9.17) is 0 Å². The number of nitrogens with one attached hydrogen (secondary N) is 1. The molecule has 0 fully saturated rings. The van der Waals surface area contributed by atoms with Crippen LogP contribution < -0.4 is 5.32 Å². The number of hydrogen-bond donors (Lipinski definition) is 1. The number of carbonyl (C=O) groups is 1. The molecule has 0 radical (unpaired) electrons. The van der Waals surface area contributed by atoms with Gasteiger partial charge in [-0.05, 0) is 39.2 Å². The molecule has 0 bridgehead atoms. The Morgan fingerprint density at radius 2 is 1.60 bits per heavy atom. The molecule has 0 spiro atoms. The molecule has 2 heteroatoms. The first kappa shape index (κ1) is 16.9. The van der Waals surface area contributed by atoms with E-state index in [2.05, 4.69) is 38.2 Å². The summed E-state index contributed by atoms with van der Waals surface area (Å²) in [5.41, 5.74) is 0.928. The van der Waals surface area contributed by atoms with E-state index in [-0.39, 0.29) is 17.0 Å². The Balaban J connectivity index is 2.76.